The molecule has 0 fully saturated rings. The molecule has 1 heterocycles. The summed E-state index contributed by atoms with van der Waals surface area (Å²) in [5, 5.41) is 0. The minimum Gasteiger partial charge on any atom is -0.494 e. The topological polar surface area (TPSA) is 51.0 Å². The molecule has 0 aliphatic heterocycles. The van der Waals surface area contributed by atoms with Crippen molar-refractivity contribution < 1.29 is 4.74 Å². The predicted octanol–water partition coefficient (Wildman–Crippen LogP) is 2.83. The van der Waals surface area contributed by atoms with Gasteiger partial charge in [-0.2, -0.15) is 0 Å². The van der Waals surface area contributed by atoms with Gasteiger partial charge in [0.25, 0.3) is 0 Å². The van der Waals surface area contributed by atoms with Gasteiger partial charge in [0.2, 0.25) is 0 Å². The second-order valence-corrected chi connectivity index (χ2v) is 4.51. The van der Waals surface area contributed by atoms with Gasteiger partial charge in [0.1, 0.15) is 5.75 Å². The molecule has 0 aliphatic rings. The predicted molar refractivity (Wildman–Crippen MR) is 73.9 cm³/mol. The molecule has 1 aromatic carbocycles. The molecule has 0 saturated carbocycles. The van der Waals surface area contributed by atoms with Crippen molar-refractivity contribution in [3.05, 3.63) is 53.9 Å². The number of H-pyrrole nitrogens is 1. The summed E-state index contributed by atoms with van der Waals surface area (Å²) in [6, 6.07) is 12.2. The molecule has 2 rings (SSSR count). The summed E-state index contributed by atoms with van der Waals surface area (Å²) in [7, 11) is 0. The molecule has 2 aromatic rings. The number of nitrogens with two attached hydrogens (primary N) is 1. The normalized spacial score (nSPS) is 12.3. The van der Waals surface area contributed by atoms with Gasteiger partial charge in [-0.05, 0) is 37.6 Å². The maximum Gasteiger partial charge on any atom is 0.119 e. The lowest BCUT2D eigenvalue weighted by atomic mass is 10.0. The van der Waals surface area contributed by atoms with Crippen LogP contribution in [0.5, 0.6) is 5.75 Å². The minimum absolute atomic E-state index is 0.338. The SMILES string of the molecule is Cc1ccc(OCCC(CN)c2ccc[nH]2)cc1. The zero-order valence-corrected chi connectivity index (χ0v) is 10.7. The number of benzene rings is 1. The fraction of sp³-hybridized carbons (Fsp3) is 0.333. The van der Waals surface area contributed by atoms with E-state index in [2.05, 4.69) is 30.1 Å². The van der Waals surface area contributed by atoms with E-state index in [0.717, 1.165) is 12.2 Å². The van der Waals surface area contributed by atoms with Gasteiger partial charge in [-0.15, -0.1) is 0 Å². The second-order valence-electron chi connectivity index (χ2n) is 4.51. The third-order valence-electron chi connectivity index (χ3n) is 3.10. The fourth-order valence-electron chi connectivity index (χ4n) is 1.95. The van der Waals surface area contributed by atoms with Crippen molar-refractivity contribution >= 4 is 0 Å². The van der Waals surface area contributed by atoms with Gasteiger partial charge < -0.3 is 15.5 Å². The van der Waals surface area contributed by atoms with Crippen LogP contribution in [0.2, 0.25) is 0 Å². The summed E-state index contributed by atoms with van der Waals surface area (Å²) in [4.78, 5) is 3.21. The Morgan fingerprint density at radius 2 is 2.00 bits per heavy atom. The first-order valence-corrected chi connectivity index (χ1v) is 6.32. The van der Waals surface area contributed by atoms with Gasteiger partial charge in [0.15, 0.2) is 0 Å². The Kier molecular flexibility index (Phi) is 4.42. The van der Waals surface area contributed by atoms with Crippen LogP contribution in [-0.4, -0.2) is 18.1 Å². The van der Waals surface area contributed by atoms with E-state index >= 15 is 0 Å². The van der Waals surface area contributed by atoms with Gasteiger partial charge in [0.05, 0.1) is 6.61 Å². The molecular weight excluding hydrogens is 224 g/mol. The molecular formula is C15H20N2O. The Morgan fingerprint density at radius 3 is 2.61 bits per heavy atom. The van der Waals surface area contributed by atoms with E-state index in [1.165, 1.54) is 11.3 Å². The van der Waals surface area contributed by atoms with Crippen LogP contribution in [-0.2, 0) is 0 Å². The van der Waals surface area contributed by atoms with Crippen LogP contribution in [0.25, 0.3) is 0 Å². The zero-order chi connectivity index (χ0) is 12.8. The van der Waals surface area contributed by atoms with Crippen LogP contribution in [0.3, 0.4) is 0 Å². The van der Waals surface area contributed by atoms with E-state index in [1.54, 1.807) is 0 Å². The minimum atomic E-state index is 0.338. The average Bonchev–Trinajstić information content (AvgIpc) is 2.91. The average molecular weight is 244 g/mol. The maximum absolute atomic E-state index is 5.79. The highest BCUT2D eigenvalue weighted by Gasteiger charge is 2.10. The molecule has 3 nitrogen and oxygen atoms in total. The number of aromatic amines is 1. The summed E-state index contributed by atoms with van der Waals surface area (Å²) < 4.78 is 5.72. The van der Waals surface area contributed by atoms with Gasteiger partial charge in [0, 0.05) is 24.4 Å². The summed E-state index contributed by atoms with van der Waals surface area (Å²) in [5.41, 5.74) is 8.22. The monoisotopic (exact) mass is 244 g/mol. The molecule has 0 bridgehead atoms. The number of aryl methyl sites for hydroxylation is 1. The molecule has 0 saturated heterocycles. The third-order valence-corrected chi connectivity index (χ3v) is 3.10. The largest absolute Gasteiger partial charge is 0.494 e. The molecule has 1 aromatic heterocycles. The van der Waals surface area contributed by atoms with Crippen LogP contribution in [0.4, 0.5) is 0 Å². The van der Waals surface area contributed by atoms with Crippen molar-refractivity contribution in [3.8, 4) is 5.75 Å². The van der Waals surface area contributed by atoms with E-state index < -0.39 is 0 Å². The van der Waals surface area contributed by atoms with E-state index in [9.17, 15) is 0 Å². The van der Waals surface area contributed by atoms with Gasteiger partial charge >= 0.3 is 0 Å². The first-order valence-electron chi connectivity index (χ1n) is 6.32. The molecule has 96 valence electrons. The number of aromatic nitrogens is 1. The quantitative estimate of drug-likeness (QED) is 0.821. The van der Waals surface area contributed by atoms with E-state index in [1.807, 2.05) is 24.4 Å². The Bertz CT molecular complexity index is 448. The lowest BCUT2D eigenvalue weighted by Gasteiger charge is -2.14. The van der Waals surface area contributed by atoms with Crippen molar-refractivity contribution in [2.45, 2.75) is 19.3 Å². The highest BCUT2D eigenvalue weighted by Crippen LogP contribution is 2.18. The van der Waals surface area contributed by atoms with Crippen LogP contribution in [0.1, 0.15) is 23.6 Å². The first kappa shape index (κ1) is 12.7. The Balaban J connectivity index is 1.82. The summed E-state index contributed by atoms with van der Waals surface area (Å²) in [5.74, 6) is 1.26. The van der Waals surface area contributed by atoms with Crippen molar-refractivity contribution in [2.24, 2.45) is 5.73 Å². The molecule has 0 amide bonds. The molecule has 0 spiro atoms. The summed E-state index contributed by atoms with van der Waals surface area (Å²) in [6.07, 6.45) is 2.85. The number of hydrogen-bond acceptors (Lipinski definition) is 2. The number of nitrogens with one attached hydrogen (secondary N) is 1. The zero-order valence-electron chi connectivity index (χ0n) is 10.7. The molecule has 3 heteroatoms. The maximum atomic E-state index is 5.79. The summed E-state index contributed by atoms with van der Waals surface area (Å²) in [6.45, 7) is 3.39. The molecule has 18 heavy (non-hydrogen) atoms. The highest BCUT2D eigenvalue weighted by atomic mass is 16.5. The van der Waals surface area contributed by atoms with Crippen LogP contribution in [0, 0.1) is 6.92 Å². The highest BCUT2D eigenvalue weighted by molar-refractivity contribution is 5.26. The Morgan fingerprint density at radius 1 is 1.22 bits per heavy atom. The fourth-order valence-corrected chi connectivity index (χ4v) is 1.95. The van der Waals surface area contributed by atoms with Crippen molar-refractivity contribution in [2.75, 3.05) is 13.2 Å². The van der Waals surface area contributed by atoms with Gasteiger partial charge in [-0.25, -0.2) is 0 Å². The first-order chi connectivity index (χ1) is 8.79. The van der Waals surface area contributed by atoms with Crippen molar-refractivity contribution in [1.29, 1.82) is 0 Å². The lowest BCUT2D eigenvalue weighted by molar-refractivity contribution is 0.297. The second kappa shape index (κ2) is 6.26. The smallest absolute Gasteiger partial charge is 0.119 e. The number of hydrogen-bond donors (Lipinski definition) is 2. The Hall–Kier alpha value is -1.74. The molecule has 0 radical (unpaired) electrons. The number of ether oxygens (including phenoxy) is 1. The molecule has 0 aliphatic carbocycles. The Labute approximate surface area is 108 Å². The van der Waals surface area contributed by atoms with Crippen LogP contribution in [0.15, 0.2) is 42.6 Å². The molecule has 3 N–H and O–H groups in total. The van der Waals surface area contributed by atoms with Gasteiger partial charge in [-0.3, -0.25) is 0 Å². The van der Waals surface area contributed by atoms with Crippen LogP contribution >= 0.6 is 0 Å². The van der Waals surface area contributed by atoms with Crippen LogP contribution < -0.4 is 10.5 Å². The van der Waals surface area contributed by atoms with E-state index in [4.69, 9.17) is 10.5 Å². The number of rotatable bonds is 6. The molecule has 1 unspecified atom stereocenters. The van der Waals surface area contributed by atoms with Gasteiger partial charge in [-0.1, -0.05) is 17.7 Å². The third kappa shape index (κ3) is 3.37. The van der Waals surface area contributed by atoms with E-state index in [0.29, 0.717) is 19.1 Å². The lowest BCUT2D eigenvalue weighted by Crippen LogP contribution is -2.15. The van der Waals surface area contributed by atoms with Crippen molar-refractivity contribution in [1.82, 2.24) is 4.98 Å². The standard InChI is InChI=1S/C15H20N2O/c1-12-4-6-14(7-5-12)18-10-8-13(11-16)15-3-2-9-17-15/h2-7,9,13,17H,8,10-11,16H2,1H3. The van der Waals surface area contributed by atoms with E-state index in [-0.39, 0.29) is 0 Å². The molecule has 1 atom stereocenters. The van der Waals surface area contributed by atoms with Crippen molar-refractivity contribution in [3.63, 3.8) is 0 Å². The summed E-state index contributed by atoms with van der Waals surface area (Å²) >= 11 is 0.